The van der Waals surface area contributed by atoms with Crippen LogP contribution in [0, 0.1) is 0 Å². The second-order valence-corrected chi connectivity index (χ2v) is 6.21. The Labute approximate surface area is 136 Å². The van der Waals surface area contributed by atoms with Gasteiger partial charge in [0.2, 0.25) is 5.91 Å². The number of ether oxygens (including phenoxy) is 1. The van der Waals surface area contributed by atoms with Crippen LogP contribution in [-0.4, -0.2) is 48.5 Å². The Morgan fingerprint density at radius 3 is 2.96 bits per heavy atom. The average molecular weight is 317 g/mol. The van der Waals surface area contributed by atoms with Gasteiger partial charge in [0.15, 0.2) is 6.10 Å². The first kappa shape index (κ1) is 15.8. The summed E-state index contributed by atoms with van der Waals surface area (Å²) in [5.74, 6) is 0.642. The summed E-state index contributed by atoms with van der Waals surface area (Å²) in [7, 11) is 0. The molecule has 1 aromatic rings. The van der Waals surface area contributed by atoms with Crippen LogP contribution in [-0.2, 0) is 9.59 Å². The zero-order valence-electron chi connectivity index (χ0n) is 13.4. The van der Waals surface area contributed by atoms with E-state index in [1.54, 1.807) is 11.8 Å². The standard InChI is InChI=1S/C17H23N3O3/c1-12-17(22)20(14-6-2-3-7-15(14)23-12)10-8-16(21)19-9-4-5-13(18)11-19/h2-3,6-7,12-13H,4-5,8-11,18H2,1H3. The van der Waals surface area contributed by atoms with Crippen LogP contribution in [0.3, 0.4) is 0 Å². The van der Waals surface area contributed by atoms with Crippen LogP contribution in [0.4, 0.5) is 5.69 Å². The summed E-state index contributed by atoms with van der Waals surface area (Å²) in [5, 5.41) is 0. The van der Waals surface area contributed by atoms with E-state index in [4.69, 9.17) is 10.5 Å². The van der Waals surface area contributed by atoms with E-state index in [1.807, 2.05) is 29.2 Å². The van der Waals surface area contributed by atoms with Crippen LogP contribution >= 0.6 is 0 Å². The molecule has 2 aliphatic rings. The molecular formula is C17H23N3O3. The number of anilines is 1. The number of carbonyl (C=O) groups is 2. The molecule has 2 amide bonds. The fourth-order valence-electron chi connectivity index (χ4n) is 3.19. The van der Waals surface area contributed by atoms with E-state index in [-0.39, 0.29) is 17.9 Å². The van der Waals surface area contributed by atoms with E-state index in [0.29, 0.717) is 25.3 Å². The van der Waals surface area contributed by atoms with E-state index in [1.165, 1.54) is 0 Å². The van der Waals surface area contributed by atoms with E-state index < -0.39 is 6.10 Å². The van der Waals surface area contributed by atoms with Crippen LogP contribution in [0.5, 0.6) is 5.75 Å². The predicted octanol–water partition coefficient (Wildman–Crippen LogP) is 1.14. The molecule has 0 aliphatic carbocycles. The van der Waals surface area contributed by atoms with Crippen LogP contribution in [0.1, 0.15) is 26.2 Å². The van der Waals surface area contributed by atoms with Gasteiger partial charge in [0.1, 0.15) is 5.75 Å². The summed E-state index contributed by atoms with van der Waals surface area (Å²) in [4.78, 5) is 28.2. The van der Waals surface area contributed by atoms with Crippen LogP contribution in [0.25, 0.3) is 0 Å². The highest BCUT2D eigenvalue weighted by atomic mass is 16.5. The van der Waals surface area contributed by atoms with Gasteiger partial charge in [-0.1, -0.05) is 12.1 Å². The first-order valence-electron chi connectivity index (χ1n) is 8.16. The van der Waals surface area contributed by atoms with Crippen molar-refractivity contribution in [1.29, 1.82) is 0 Å². The lowest BCUT2D eigenvalue weighted by atomic mass is 10.1. The number of para-hydroxylation sites is 2. The second kappa shape index (κ2) is 6.58. The van der Waals surface area contributed by atoms with Gasteiger partial charge in [-0.2, -0.15) is 0 Å². The third-order valence-corrected chi connectivity index (χ3v) is 4.43. The van der Waals surface area contributed by atoms with Crippen molar-refractivity contribution in [1.82, 2.24) is 4.90 Å². The summed E-state index contributed by atoms with van der Waals surface area (Å²) in [5.41, 5.74) is 6.67. The third-order valence-electron chi connectivity index (χ3n) is 4.43. The first-order valence-corrected chi connectivity index (χ1v) is 8.16. The molecule has 6 heteroatoms. The number of amides is 2. The van der Waals surface area contributed by atoms with E-state index in [9.17, 15) is 9.59 Å². The van der Waals surface area contributed by atoms with Crippen molar-refractivity contribution in [2.75, 3.05) is 24.5 Å². The maximum atomic E-state index is 12.4. The van der Waals surface area contributed by atoms with Gasteiger partial charge in [-0.05, 0) is 31.9 Å². The van der Waals surface area contributed by atoms with Crippen molar-refractivity contribution >= 4 is 17.5 Å². The lowest BCUT2D eigenvalue weighted by Crippen LogP contribution is -2.48. The lowest BCUT2D eigenvalue weighted by Gasteiger charge is -2.34. The molecule has 0 bridgehead atoms. The molecule has 6 nitrogen and oxygen atoms in total. The fourth-order valence-corrected chi connectivity index (χ4v) is 3.19. The lowest BCUT2D eigenvalue weighted by molar-refractivity contribution is -0.132. The number of nitrogens with two attached hydrogens (primary N) is 1. The number of nitrogens with zero attached hydrogens (tertiary/aromatic N) is 2. The molecular weight excluding hydrogens is 294 g/mol. The monoisotopic (exact) mass is 317 g/mol. The number of hydrogen-bond donors (Lipinski definition) is 1. The molecule has 2 N–H and O–H groups in total. The molecule has 1 saturated heterocycles. The molecule has 3 rings (SSSR count). The summed E-state index contributed by atoms with van der Waals surface area (Å²) < 4.78 is 5.61. The van der Waals surface area contributed by atoms with Gasteiger partial charge in [0.05, 0.1) is 5.69 Å². The van der Waals surface area contributed by atoms with E-state index in [0.717, 1.165) is 25.1 Å². The van der Waals surface area contributed by atoms with Crippen LogP contribution in [0.15, 0.2) is 24.3 Å². The molecule has 0 saturated carbocycles. The number of rotatable bonds is 3. The largest absolute Gasteiger partial charge is 0.479 e. The van der Waals surface area contributed by atoms with Crippen LogP contribution < -0.4 is 15.4 Å². The Kier molecular flexibility index (Phi) is 4.52. The highest BCUT2D eigenvalue weighted by Crippen LogP contribution is 2.33. The summed E-state index contributed by atoms with van der Waals surface area (Å²) in [6.07, 6.45) is 1.70. The minimum absolute atomic E-state index is 0.0598. The Morgan fingerprint density at radius 1 is 1.39 bits per heavy atom. The van der Waals surface area contributed by atoms with Crippen molar-refractivity contribution in [2.24, 2.45) is 5.73 Å². The summed E-state index contributed by atoms with van der Waals surface area (Å²) >= 11 is 0. The second-order valence-electron chi connectivity index (χ2n) is 6.21. The normalized spacial score (nSPS) is 24.2. The third kappa shape index (κ3) is 3.32. The number of piperidine rings is 1. The molecule has 124 valence electrons. The number of fused-ring (bicyclic) bond motifs is 1. The SMILES string of the molecule is CC1Oc2ccccc2N(CCC(=O)N2CCCC(N)C2)C1=O. The topological polar surface area (TPSA) is 75.9 Å². The van der Waals surface area contributed by atoms with Crippen molar-refractivity contribution in [3.8, 4) is 5.75 Å². The van der Waals surface area contributed by atoms with E-state index >= 15 is 0 Å². The Balaban J connectivity index is 1.67. The van der Waals surface area contributed by atoms with Crippen molar-refractivity contribution in [3.63, 3.8) is 0 Å². The van der Waals surface area contributed by atoms with Gasteiger partial charge >= 0.3 is 0 Å². The number of likely N-dealkylation sites (tertiary alicyclic amines) is 1. The molecule has 1 fully saturated rings. The Morgan fingerprint density at radius 2 is 2.17 bits per heavy atom. The van der Waals surface area contributed by atoms with Gasteiger partial charge in [-0.15, -0.1) is 0 Å². The number of carbonyl (C=O) groups excluding carboxylic acids is 2. The molecule has 2 unspecified atom stereocenters. The molecule has 1 aromatic carbocycles. The smallest absolute Gasteiger partial charge is 0.267 e. The van der Waals surface area contributed by atoms with Gasteiger partial charge in [-0.25, -0.2) is 0 Å². The minimum Gasteiger partial charge on any atom is -0.479 e. The molecule has 0 spiro atoms. The highest BCUT2D eigenvalue weighted by molar-refractivity contribution is 6.00. The Bertz CT molecular complexity index is 605. The maximum absolute atomic E-state index is 12.4. The molecule has 0 aromatic heterocycles. The van der Waals surface area contributed by atoms with Gasteiger partial charge in [0.25, 0.3) is 5.91 Å². The van der Waals surface area contributed by atoms with Crippen molar-refractivity contribution in [2.45, 2.75) is 38.3 Å². The van der Waals surface area contributed by atoms with Gasteiger partial charge < -0.3 is 20.3 Å². The van der Waals surface area contributed by atoms with Crippen LogP contribution in [0.2, 0.25) is 0 Å². The highest BCUT2D eigenvalue weighted by Gasteiger charge is 2.32. The molecule has 2 atom stereocenters. The first-order chi connectivity index (χ1) is 11.1. The quantitative estimate of drug-likeness (QED) is 0.907. The van der Waals surface area contributed by atoms with Crippen molar-refractivity contribution in [3.05, 3.63) is 24.3 Å². The maximum Gasteiger partial charge on any atom is 0.267 e. The molecule has 23 heavy (non-hydrogen) atoms. The zero-order chi connectivity index (χ0) is 16.4. The molecule has 0 radical (unpaired) electrons. The van der Waals surface area contributed by atoms with Crippen molar-refractivity contribution < 1.29 is 14.3 Å². The van der Waals surface area contributed by atoms with E-state index in [2.05, 4.69) is 0 Å². The number of benzene rings is 1. The number of hydrogen-bond acceptors (Lipinski definition) is 4. The Hall–Kier alpha value is -2.08. The minimum atomic E-state index is -0.525. The van der Waals surface area contributed by atoms with Gasteiger partial charge in [-0.3, -0.25) is 9.59 Å². The summed E-state index contributed by atoms with van der Waals surface area (Å²) in [6, 6.07) is 7.50. The molecule has 2 heterocycles. The van der Waals surface area contributed by atoms with Gasteiger partial charge in [0, 0.05) is 32.1 Å². The molecule has 2 aliphatic heterocycles. The average Bonchev–Trinajstić information content (AvgIpc) is 2.55. The predicted molar refractivity (Wildman–Crippen MR) is 87.3 cm³/mol. The fraction of sp³-hybridized carbons (Fsp3) is 0.529. The summed E-state index contributed by atoms with van der Waals surface area (Å²) in [6.45, 7) is 3.48. The zero-order valence-corrected chi connectivity index (χ0v) is 13.4.